The summed E-state index contributed by atoms with van der Waals surface area (Å²) in [6.45, 7) is 21.6. The Balaban J connectivity index is 1.27. The molecule has 4 unspecified atom stereocenters. The maximum Gasteiger partial charge on any atom is 0.410 e. The largest absolute Gasteiger partial charge is 0.462 e. The summed E-state index contributed by atoms with van der Waals surface area (Å²) in [6.07, 6.45) is 12.4. The van der Waals surface area contributed by atoms with Crippen molar-refractivity contribution in [3.63, 3.8) is 0 Å². The van der Waals surface area contributed by atoms with Crippen LogP contribution in [-0.2, 0) is 23.8 Å². The SMILES string of the molecule is CC(=O)O[C@H]1CC[C@@]2(C)C(=CCC3C2CC[C@@]2(C)C3CC[C@@H]2C(C)C(=O)NCCCN(CCCCNC(=O)OC(C)(C)C)C(=O)OC(C)(C)C)C1. The summed E-state index contributed by atoms with van der Waals surface area (Å²) in [6, 6.07) is 0. The minimum Gasteiger partial charge on any atom is -0.462 e. The van der Waals surface area contributed by atoms with Crippen LogP contribution in [-0.4, -0.2) is 72.4 Å². The Morgan fingerprint density at radius 2 is 1.53 bits per heavy atom. The van der Waals surface area contributed by atoms with E-state index >= 15 is 0 Å². The molecule has 0 bridgehead atoms. The molecule has 0 aromatic rings. The van der Waals surface area contributed by atoms with Crippen LogP contribution in [0.1, 0.15) is 140 Å². The van der Waals surface area contributed by atoms with Gasteiger partial charge in [0.1, 0.15) is 17.3 Å². The Labute approximate surface area is 307 Å². The Kier molecular flexibility index (Phi) is 13.2. The molecule has 0 saturated heterocycles. The number of rotatable bonds is 12. The number of nitrogens with zero attached hydrogens (tertiary/aromatic N) is 1. The Morgan fingerprint density at radius 3 is 2.20 bits per heavy atom. The molecule has 4 rings (SSSR count). The molecule has 0 aromatic heterocycles. The number of fused-ring (bicyclic) bond motifs is 5. The van der Waals surface area contributed by atoms with Crippen molar-refractivity contribution in [2.45, 2.75) is 157 Å². The van der Waals surface area contributed by atoms with Crippen molar-refractivity contribution >= 4 is 24.1 Å². The fourth-order valence-electron chi connectivity index (χ4n) is 10.2. The first-order chi connectivity index (χ1) is 23.7. The number of hydrogen-bond donors (Lipinski definition) is 2. The van der Waals surface area contributed by atoms with Gasteiger partial charge in [-0.05, 0) is 140 Å². The van der Waals surface area contributed by atoms with Crippen LogP contribution in [0.25, 0.3) is 0 Å². The minimum absolute atomic E-state index is 0.0163. The number of allylic oxidation sites excluding steroid dienone is 1. The van der Waals surface area contributed by atoms with Gasteiger partial charge in [0, 0.05) is 45.4 Å². The molecule has 4 aliphatic carbocycles. The number of nitrogens with one attached hydrogen (secondary N) is 2. The number of alkyl carbamates (subject to hydrolysis) is 1. The van der Waals surface area contributed by atoms with Gasteiger partial charge in [-0.3, -0.25) is 9.59 Å². The zero-order chi connectivity index (χ0) is 37.8. The molecule has 0 aliphatic heterocycles. The summed E-state index contributed by atoms with van der Waals surface area (Å²) in [5, 5.41) is 5.99. The summed E-state index contributed by atoms with van der Waals surface area (Å²) in [7, 11) is 0. The van der Waals surface area contributed by atoms with E-state index in [9.17, 15) is 19.2 Å². The highest BCUT2D eigenvalue weighted by molar-refractivity contribution is 5.78. The van der Waals surface area contributed by atoms with Gasteiger partial charge in [0.25, 0.3) is 0 Å². The lowest BCUT2D eigenvalue weighted by atomic mass is 9.47. The Hall–Kier alpha value is -2.78. The number of esters is 1. The molecular formula is C41H69N3O7. The smallest absolute Gasteiger partial charge is 0.410 e. The van der Waals surface area contributed by atoms with E-state index in [0.29, 0.717) is 69.1 Å². The van der Waals surface area contributed by atoms with Gasteiger partial charge in [0.05, 0.1) is 0 Å². The van der Waals surface area contributed by atoms with Gasteiger partial charge in [-0.25, -0.2) is 9.59 Å². The zero-order valence-electron chi connectivity index (χ0n) is 33.5. The molecule has 0 heterocycles. The van der Waals surface area contributed by atoms with Crippen LogP contribution in [0.5, 0.6) is 0 Å². The molecule has 290 valence electrons. The molecule has 0 radical (unpaired) electrons. The topological polar surface area (TPSA) is 123 Å². The Bertz CT molecular complexity index is 1280. The number of ether oxygens (including phenoxy) is 3. The minimum atomic E-state index is -0.607. The average Bonchev–Trinajstić information content (AvgIpc) is 3.36. The predicted octanol–water partition coefficient (Wildman–Crippen LogP) is 8.18. The quantitative estimate of drug-likeness (QED) is 0.0904. The molecule has 3 saturated carbocycles. The second-order valence-corrected chi connectivity index (χ2v) is 18.5. The standard InChI is InChI=1S/C41H69N3O7/c1-27(35(46)42-23-13-25-44(37(48)51-39(6,7)8)24-12-11-22-43-36(47)50-38(3,4)5)32-16-17-33-31-15-14-29-26-30(49-28(2)45)18-20-40(29,9)34(31)19-21-41(32,33)10/h14,27,30-34H,11-13,15-26H2,1-10H3,(H,42,46)(H,43,47)/t27?,30-,31?,32+,33?,34?,40-,41+/m0/s1. The molecule has 3 amide bonds. The number of amides is 3. The van der Waals surface area contributed by atoms with Gasteiger partial charge >= 0.3 is 18.2 Å². The van der Waals surface area contributed by atoms with Crippen LogP contribution in [0.2, 0.25) is 0 Å². The van der Waals surface area contributed by atoms with Crippen LogP contribution < -0.4 is 10.6 Å². The molecule has 2 N–H and O–H groups in total. The highest BCUT2D eigenvalue weighted by Gasteiger charge is 2.59. The third kappa shape index (κ3) is 10.4. The summed E-state index contributed by atoms with van der Waals surface area (Å²) < 4.78 is 16.6. The van der Waals surface area contributed by atoms with Crippen LogP contribution in [0, 0.1) is 40.4 Å². The lowest BCUT2D eigenvalue weighted by Crippen LogP contribution is -2.51. The fraction of sp³-hybridized carbons (Fsp3) is 0.854. The number of unbranched alkanes of at least 4 members (excludes halogenated alkanes) is 1. The lowest BCUT2D eigenvalue weighted by molar-refractivity contribution is -0.148. The van der Waals surface area contributed by atoms with Crippen molar-refractivity contribution in [3.05, 3.63) is 11.6 Å². The highest BCUT2D eigenvalue weighted by Crippen LogP contribution is 2.67. The summed E-state index contributed by atoms with van der Waals surface area (Å²) in [4.78, 5) is 51.9. The van der Waals surface area contributed by atoms with Crippen molar-refractivity contribution in [1.82, 2.24) is 15.5 Å². The predicted molar refractivity (Wildman–Crippen MR) is 199 cm³/mol. The van der Waals surface area contributed by atoms with Gasteiger partial charge in [-0.1, -0.05) is 32.4 Å². The van der Waals surface area contributed by atoms with Gasteiger partial charge in [-0.15, -0.1) is 0 Å². The van der Waals surface area contributed by atoms with Crippen LogP contribution in [0.4, 0.5) is 9.59 Å². The van der Waals surface area contributed by atoms with E-state index in [1.54, 1.807) is 4.90 Å². The molecule has 51 heavy (non-hydrogen) atoms. The van der Waals surface area contributed by atoms with E-state index in [1.165, 1.54) is 25.3 Å². The maximum atomic E-state index is 13.6. The first-order valence-corrected chi connectivity index (χ1v) is 19.8. The number of hydrogen-bond acceptors (Lipinski definition) is 7. The van der Waals surface area contributed by atoms with Gasteiger partial charge in [0.2, 0.25) is 5.91 Å². The Morgan fingerprint density at radius 1 is 0.863 bits per heavy atom. The number of carbonyl (C=O) groups is 4. The highest BCUT2D eigenvalue weighted by atomic mass is 16.6. The third-order valence-electron chi connectivity index (χ3n) is 12.6. The van der Waals surface area contributed by atoms with Crippen molar-refractivity contribution in [2.75, 3.05) is 26.2 Å². The van der Waals surface area contributed by atoms with Crippen LogP contribution in [0.3, 0.4) is 0 Å². The monoisotopic (exact) mass is 716 g/mol. The van der Waals surface area contributed by atoms with Crippen molar-refractivity contribution in [1.29, 1.82) is 0 Å². The molecular weight excluding hydrogens is 646 g/mol. The number of carbonyl (C=O) groups excluding carboxylic acids is 4. The third-order valence-corrected chi connectivity index (χ3v) is 12.6. The summed E-state index contributed by atoms with van der Waals surface area (Å²) >= 11 is 0. The van der Waals surface area contributed by atoms with Crippen molar-refractivity contribution in [3.8, 4) is 0 Å². The summed E-state index contributed by atoms with van der Waals surface area (Å²) in [5.41, 5.74) is 0.692. The van der Waals surface area contributed by atoms with E-state index < -0.39 is 17.3 Å². The van der Waals surface area contributed by atoms with Crippen LogP contribution in [0.15, 0.2) is 11.6 Å². The molecule has 8 atom stereocenters. The van der Waals surface area contributed by atoms with E-state index in [0.717, 1.165) is 38.5 Å². The van der Waals surface area contributed by atoms with E-state index in [2.05, 4.69) is 37.5 Å². The molecule has 4 aliphatic rings. The maximum absolute atomic E-state index is 13.6. The normalized spacial score (nSPS) is 30.8. The second kappa shape index (κ2) is 16.5. The van der Waals surface area contributed by atoms with E-state index in [1.807, 2.05) is 41.5 Å². The van der Waals surface area contributed by atoms with Gasteiger partial charge < -0.3 is 29.7 Å². The first-order valence-electron chi connectivity index (χ1n) is 19.8. The molecule has 10 nitrogen and oxygen atoms in total. The second-order valence-electron chi connectivity index (χ2n) is 18.5. The molecule has 0 spiro atoms. The van der Waals surface area contributed by atoms with Crippen molar-refractivity contribution in [2.24, 2.45) is 40.4 Å². The lowest BCUT2D eigenvalue weighted by Gasteiger charge is -2.58. The van der Waals surface area contributed by atoms with Crippen LogP contribution >= 0.6 is 0 Å². The molecule has 3 fully saturated rings. The molecule has 10 heteroatoms. The summed E-state index contributed by atoms with van der Waals surface area (Å²) in [5.74, 6) is 2.15. The van der Waals surface area contributed by atoms with E-state index in [-0.39, 0.29) is 40.8 Å². The zero-order valence-corrected chi connectivity index (χ0v) is 33.5. The van der Waals surface area contributed by atoms with Gasteiger partial charge in [-0.2, -0.15) is 0 Å². The molecule has 0 aromatic carbocycles. The van der Waals surface area contributed by atoms with Crippen molar-refractivity contribution < 1.29 is 33.4 Å². The van der Waals surface area contributed by atoms with E-state index in [4.69, 9.17) is 14.2 Å². The fourth-order valence-corrected chi connectivity index (χ4v) is 10.2. The first kappa shape index (κ1) is 41.0. The average molecular weight is 716 g/mol. The van der Waals surface area contributed by atoms with Gasteiger partial charge in [0.15, 0.2) is 0 Å².